The average Bonchev–Trinajstić information content (AvgIpc) is 3.17. The van der Waals surface area contributed by atoms with Crippen molar-refractivity contribution in [3.05, 3.63) is 65.2 Å². The van der Waals surface area contributed by atoms with Crippen LogP contribution >= 0.6 is 0 Å². The Hall–Kier alpha value is -3.81. The number of nitrogens with zero attached hydrogens (tertiary/aromatic N) is 3. The number of rotatable bonds is 12. The van der Waals surface area contributed by atoms with Gasteiger partial charge in [-0.05, 0) is 30.5 Å². The van der Waals surface area contributed by atoms with Crippen molar-refractivity contribution in [2.75, 3.05) is 13.2 Å². The summed E-state index contributed by atoms with van der Waals surface area (Å²) in [4.78, 5) is 40.7. The van der Waals surface area contributed by atoms with Gasteiger partial charge >= 0.3 is 0 Å². The van der Waals surface area contributed by atoms with Crippen molar-refractivity contribution in [1.82, 2.24) is 4.90 Å². The van der Waals surface area contributed by atoms with Crippen molar-refractivity contribution < 1.29 is 19.1 Å². The molecule has 0 aromatic heterocycles. The highest BCUT2D eigenvalue weighted by Crippen LogP contribution is 2.32. The Bertz CT molecular complexity index is 1000. The number of ether oxygens (including phenoxy) is 1. The van der Waals surface area contributed by atoms with Crippen molar-refractivity contribution in [3.8, 4) is 5.75 Å². The normalized spacial score (nSPS) is 14.4. The number of aldehydes is 2. The van der Waals surface area contributed by atoms with E-state index in [9.17, 15) is 14.4 Å². The third kappa shape index (κ3) is 5.66. The zero-order valence-corrected chi connectivity index (χ0v) is 17.7. The first-order valence-electron chi connectivity index (χ1n) is 10.4. The van der Waals surface area contributed by atoms with Gasteiger partial charge in [-0.2, -0.15) is 5.10 Å². The molecule has 0 aliphatic carbocycles. The van der Waals surface area contributed by atoms with Crippen LogP contribution in [0.25, 0.3) is 0 Å². The van der Waals surface area contributed by atoms with Gasteiger partial charge in [-0.3, -0.25) is 9.79 Å². The van der Waals surface area contributed by atoms with E-state index in [0.717, 1.165) is 12.7 Å². The number of fused-ring (bicyclic) bond motifs is 1. The molecule has 3 rings (SSSR count). The smallest absolute Gasteiger partial charge is 0.255 e. The molecule has 1 amide bonds. The summed E-state index contributed by atoms with van der Waals surface area (Å²) in [6.07, 6.45) is 4.36. The van der Waals surface area contributed by atoms with Crippen LogP contribution in [-0.4, -0.2) is 54.5 Å². The topological polar surface area (TPSA) is 114 Å². The summed E-state index contributed by atoms with van der Waals surface area (Å²) in [5.41, 5.74) is 2.85. The lowest BCUT2D eigenvalue weighted by Crippen LogP contribution is -2.36. The molecule has 0 radical (unpaired) electrons. The van der Waals surface area contributed by atoms with E-state index in [1.54, 1.807) is 24.4 Å². The maximum atomic E-state index is 12.8. The van der Waals surface area contributed by atoms with E-state index in [0.29, 0.717) is 41.8 Å². The van der Waals surface area contributed by atoms with E-state index < -0.39 is 6.04 Å². The fraction of sp³-hybridized carbons (Fsp3) is 0.292. The minimum atomic E-state index is -0.647. The van der Waals surface area contributed by atoms with Crippen LogP contribution < -0.4 is 10.6 Å². The molecule has 0 saturated heterocycles. The van der Waals surface area contributed by atoms with E-state index in [4.69, 9.17) is 10.6 Å². The maximum absolute atomic E-state index is 12.8. The second-order valence-corrected chi connectivity index (χ2v) is 7.34. The van der Waals surface area contributed by atoms with Crippen molar-refractivity contribution in [2.45, 2.75) is 31.8 Å². The van der Waals surface area contributed by atoms with Crippen LogP contribution in [0.15, 0.2) is 58.6 Å². The number of aliphatic imine (C=N–C) groups is 1. The van der Waals surface area contributed by atoms with Gasteiger partial charge in [0.25, 0.3) is 5.91 Å². The number of hydrazone groups is 1. The van der Waals surface area contributed by atoms with Gasteiger partial charge in [0.05, 0.1) is 12.6 Å². The van der Waals surface area contributed by atoms with Gasteiger partial charge in [0.2, 0.25) is 0 Å². The zero-order chi connectivity index (χ0) is 22.8. The van der Waals surface area contributed by atoms with E-state index in [-0.39, 0.29) is 25.5 Å². The highest BCUT2D eigenvalue weighted by Gasteiger charge is 2.34. The van der Waals surface area contributed by atoms with Gasteiger partial charge in [0.15, 0.2) is 0 Å². The van der Waals surface area contributed by atoms with Crippen LogP contribution in [0, 0.1) is 0 Å². The lowest BCUT2D eigenvalue weighted by Gasteiger charge is -2.22. The minimum absolute atomic E-state index is 0.0955. The highest BCUT2D eigenvalue weighted by atomic mass is 16.5. The number of benzene rings is 2. The molecule has 8 nitrogen and oxygen atoms in total. The molecular weight excluding hydrogens is 408 g/mol. The van der Waals surface area contributed by atoms with Crippen LogP contribution in [0.1, 0.15) is 34.3 Å². The number of nitrogens with two attached hydrogens (primary N) is 1. The van der Waals surface area contributed by atoms with E-state index in [1.165, 1.54) is 10.5 Å². The van der Waals surface area contributed by atoms with Gasteiger partial charge < -0.3 is 25.1 Å². The average molecular weight is 434 g/mol. The minimum Gasteiger partial charge on any atom is -0.487 e. The Morgan fingerprint density at radius 3 is 2.69 bits per heavy atom. The van der Waals surface area contributed by atoms with E-state index in [1.807, 2.05) is 30.3 Å². The summed E-state index contributed by atoms with van der Waals surface area (Å²) in [6, 6.07) is 14.6. The lowest BCUT2D eigenvalue weighted by molar-refractivity contribution is -0.112. The SMILES string of the molecule is NN=C(C=NCCc1ccccc1)COc1cccc2c1CN(C(C=O)CCC=O)C2=O. The molecule has 2 aromatic rings. The first-order chi connectivity index (χ1) is 15.7. The molecule has 1 aliphatic rings. The Labute approximate surface area is 186 Å². The second kappa shape index (κ2) is 11.5. The Balaban J connectivity index is 1.60. The summed E-state index contributed by atoms with van der Waals surface area (Å²) in [5, 5.41) is 3.73. The summed E-state index contributed by atoms with van der Waals surface area (Å²) in [7, 11) is 0. The van der Waals surface area contributed by atoms with Crippen molar-refractivity contribution in [3.63, 3.8) is 0 Å². The standard InChI is InChI=1S/C24H26N4O4/c25-27-19(14-26-12-11-18-6-2-1-3-7-18)17-32-23-10-4-9-21-22(23)15-28(24(21)31)20(16-30)8-5-13-29/h1-4,6-7,9-10,13-14,16,20H,5,8,11-12,15,17,25H2. The molecule has 0 saturated carbocycles. The predicted octanol–water partition coefficient (Wildman–Crippen LogP) is 2.20. The van der Waals surface area contributed by atoms with Crippen molar-refractivity contribution >= 4 is 30.4 Å². The van der Waals surface area contributed by atoms with Crippen LogP contribution in [0.5, 0.6) is 5.75 Å². The monoisotopic (exact) mass is 434 g/mol. The quantitative estimate of drug-likeness (QED) is 0.238. The molecule has 2 aromatic carbocycles. The molecule has 1 unspecified atom stereocenters. The second-order valence-electron chi connectivity index (χ2n) is 7.34. The van der Waals surface area contributed by atoms with Crippen LogP contribution in [0.2, 0.25) is 0 Å². The summed E-state index contributed by atoms with van der Waals surface area (Å²) in [6.45, 7) is 0.937. The Morgan fingerprint density at radius 2 is 1.97 bits per heavy atom. The number of carbonyl (C=O) groups is 3. The molecule has 0 fully saturated rings. The first-order valence-corrected chi connectivity index (χ1v) is 10.4. The van der Waals surface area contributed by atoms with Crippen LogP contribution in [-0.2, 0) is 22.6 Å². The summed E-state index contributed by atoms with van der Waals surface area (Å²) < 4.78 is 5.88. The molecule has 0 bridgehead atoms. The summed E-state index contributed by atoms with van der Waals surface area (Å²) >= 11 is 0. The molecule has 2 N–H and O–H groups in total. The number of hydrogen-bond acceptors (Lipinski definition) is 7. The molecule has 32 heavy (non-hydrogen) atoms. The third-order valence-corrected chi connectivity index (χ3v) is 5.24. The van der Waals surface area contributed by atoms with E-state index >= 15 is 0 Å². The number of hydrogen-bond donors (Lipinski definition) is 1. The van der Waals surface area contributed by atoms with Gasteiger partial charge in [0, 0.05) is 30.3 Å². The predicted molar refractivity (Wildman–Crippen MR) is 122 cm³/mol. The zero-order valence-electron chi connectivity index (χ0n) is 17.7. The molecule has 1 heterocycles. The fourth-order valence-electron chi connectivity index (χ4n) is 3.53. The lowest BCUT2D eigenvalue weighted by atomic mass is 10.1. The van der Waals surface area contributed by atoms with Gasteiger partial charge in [0.1, 0.15) is 30.6 Å². The number of amides is 1. The third-order valence-electron chi connectivity index (χ3n) is 5.24. The first kappa shape index (κ1) is 22.9. The van der Waals surface area contributed by atoms with Crippen molar-refractivity contribution in [1.29, 1.82) is 0 Å². The van der Waals surface area contributed by atoms with E-state index in [2.05, 4.69) is 10.1 Å². The Kier molecular flexibility index (Phi) is 8.25. The van der Waals surface area contributed by atoms with Crippen LogP contribution in [0.3, 0.4) is 0 Å². The molecular formula is C24H26N4O4. The molecule has 1 atom stereocenters. The largest absolute Gasteiger partial charge is 0.487 e. The highest BCUT2D eigenvalue weighted by molar-refractivity contribution is 6.31. The number of carbonyl (C=O) groups excluding carboxylic acids is 3. The Morgan fingerprint density at radius 1 is 1.16 bits per heavy atom. The molecule has 166 valence electrons. The van der Waals surface area contributed by atoms with Gasteiger partial charge in [-0.15, -0.1) is 0 Å². The maximum Gasteiger partial charge on any atom is 0.255 e. The molecule has 8 heteroatoms. The van der Waals surface area contributed by atoms with Crippen molar-refractivity contribution in [2.24, 2.45) is 15.9 Å². The molecule has 0 spiro atoms. The van der Waals surface area contributed by atoms with Gasteiger partial charge in [-0.25, -0.2) is 0 Å². The molecule has 1 aliphatic heterocycles. The van der Waals surface area contributed by atoms with Gasteiger partial charge in [-0.1, -0.05) is 36.4 Å². The van der Waals surface area contributed by atoms with Crippen LogP contribution in [0.4, 0.5) is 0 Å². The summed E-state index contributed by atoms with van der Waals surface area (Å²) in [5.74, 6) is 5.76. The fourth-order valence-corrected chi connectivity index (χ4v) is 3.53.